The van der Waals surface area contributed by atoms with Gasteiger partial charge in [0.15, 0.2) is 0 Å². The number of thioether (sulfide) groups is 1. The zero-order chi connectivity index (χ0) is 8.32. The minimum atomic E-state index is -4.22. The molecule has 1 aliphatic heterocycles. The Morgan fingerprint density at radius 1 is 1.55 bits per heavy atom. The Labute approximate surface area is 70.8 Å². The molecule has 5 heteroatoms. The summed E-state index contributed by atoms with van der Waals surface area (Å²) in [6.45, 7) is 0. The Bertz CT molecular complexity index is 207. The molecule has 0 aliphatic carbocycles. The van der Waals surface area contributed by atoms with Crippen molar-refractivity contribution in [2.24, 2.45) is 0 Å². The van der Waals surface area contributed by atoms with E-state index in [9.17, 15) is 12.3 Å². The third-order valence-electron chi connectivity index (χ3n) is 1.71. The summed E-state index contributed by atoms with van der Waals surface area (Å²) < 4.78 is 32.2. The van der Waals surface area contributed by atoms with E-state index in [1.54, 1.807) is 11.8 Å². The summed E-state index contributed by atoms with van der Waals surface area (Å²) in [6, 6.07) is 0. The summed E-state index contributed by atoms with van der Waals surface area (Å²) in [4.78, 5) is 0. The topological polar surface area (TPSA) is 34.1 Å². The van der Waals surface area contributed by atoms with Gasteiger partial charge in [0.25, 0.3) is 0 Å². The van der Waals surface area contributed by atoms with Crippen molar-refractivity contribution in [3.8, 4) is 0 Å². The molecule has 1 saturated heterocycles. The van der Waals surface area contributed by atoms with Crippen molar-refractivity contribution in [3.63, 3.8) is 0 Å². The molecule has 1 aliphatic rings. The molecule has 0 radical (unpaired) electrons. The monoisotopic (exact) mass is 198 g/mol. The highest BCUT2D eigenvalue weighted by Crippen LogP contribution is 2.28. The lowest BCUT2D eigenvalue weighted by Gasteiger charge is -2.03. The molecule has 1 unspecified atom stereocenters. The maximum Gasteiger partial charge on any atom is 0.302 e. The van der Waals surface area contributed by atoms with Crippen LogP contribution in [-0.2, 0) is 10.2 Å². The van der Waals surface area contributed by atoms with Gasteiger partial charge in [-0.25, -0.2) is 0 Å². The van der Waals surface area contributed by atoms with Gasteiger partial charge < -0.3 is 0 Å². The van der Waals surface area contributed by atoms with E-state index < -0.39 is 10.2 Å². The fourth-order valence-corrected chi connectivity index (χ4v) is 3.14. The maximum absolute atomic E-state index is 12.0. The third-order valence-corrected chi connectivity index (χ3v) is 3.90. The maximum atomic E-state index is 12.0. The van der Waals surface area contributed by atoms with E-state index in [1.165, 1.54) is 0 Å². The number of rotatable bonds is 3. The van der Waals surface area contributed by atoms with Crippen LogP contribution in [0.3, 0.4) is 0 Å². The molecule has 1 rings (SSSR count). The van der Waals surface area contributed by atoms with E-state index >= 15 is 0 Å². The summed E-state index contributed by atoms with van der Waals surface area (Å²) in [5.74, 6) is 0.793. The molecule has 0 spiro atoms. The normalized spacial score (nSPS) is 25.7. The molecule has 66 valence electrons. The molecule has 11 heavy (non-hydrogen) atoms. The number of halogens is 1. The van der Waals surface area contributed by atoms with Gasteiger partial charge in [0.05, 0.1) is 5.75 Å². The van der Waals surface area contributed by atoms with Gasteiger partial charge in [-0.3, -0.25) is 0 Å². The first-order valence-electron chi connectivity index (χ1n) is 3.62. The van der Waals surface area contributed by atoms with Crippen molar-refractivity contribution in [1.82, 2.24) is 0 Å². The average Bonchev–Trinajstić information content (AvgIpc) is 2.32. The van der Waals surface area contributed by atoms with Crippen molar-refractivity contribution < 1.29 is 12.3 Å². The first-order valence-corrected chi connectivity index (χ1v) is 6.22. The Morgan fingerprint density at radius 3 is 2.73 bits per heavy atom. The molecule has 0 aromatic carbocycles. The van der Waals surface area contributed by atoms with E-state index in [0.717, 1.165) is 18.6 Å². The van der Waals surface area contributed by atoms with Gasteiger partial charge in [-0.15, -0.1) is 3.89 Å². The van der Waals surface area contributed by atoms with Gasteiger partial charge in [0, 0.05) is 5.25 Å². The van der Waals surface area contributed by atoms with Gasteiger partial charge >= 0.3 is 10.2 Å². The smallest absolute Gasteiger partial charge is 0.195 e. The highest BCUT2D eigenvalue weighted by Gasteiger charge is 2.18. The van der Waals surface area contributed by atoms with Crippen molar-refractivity contribution in [3.05, 3.63) is 0 Å². The minimum absolute atomic E-state index is 0.301. The fraction of sp³-hybridized carbons (Fsp3) is 1.00. The lowest BCUT2D eigenvalue weighted by Crippen LogP contribution is -2.06. The molecule has 0 aromatic rings. The zero-order valence-electron chi connectivity index (χ0n) is 6.12. The largest absolute Gasteiger partial charge is 0.302 e. The highest BCUT2D eigenvalue weighted by molar-refractivity contribution is 8.00. The zero-order valence-corrected chi connectivity index (χ0v) is 7.76. The van der Waals surface area contributed by atoms with Crippen LogP contribution in [0.4, 0.5) is 3.89 Å². The molecule has 0 amide bonds. The summed E-state index contributed by atoms with van der Waals surface area (Å²) in [5.41, 5.74) is 0. The Kier molecular flexibility index (Phi) is 3.18. The summed E-state index contributed by atoms with van der Waals surface area (Å²) >= 11 is 1.75. The van der Waals surface area contributed by atoms with Crippen LogP contribution < -0.4 is 0 Å². The Morgan fingerprint density at radius 2 is 2.27 bits per heavy atom. The molecule has 2 nitrogen and oxygen atoms in total. The molecule has 1 fully saturated rings. The summed E-state index contributed by atoms with van der Waals surface area (Å²) in [5, 5.41) is 0.375. The predicted molar refractivity (Wildman–Crippen MR) is 45.0 cm³/mol. The Balaban J connectivity index is 2.22. The van der Waals surface area contributed by atoms with E-state index in [1.807, 2.05) is 0 Å². The SMILES string of the molecule is O=S(=O)(F)CCC1CCCS1. The molecule has 1 atom stereocenters. The second-order valence-corrected chi connectivity index (χ2v) is 5.56. The summed E-state index contributed by atoms with van der Waals surface area (Å²) in [7, 11) is -4.22. The average molecular weight is 198 g/mol. The summed E-state index contributed by atoms with van der Waals surface area (Å²) in [6.07, 6.45) is 2.66. The number of hydrogen-bond donors (Lipinski definition) is 0. The minimum Gasteiger partial charge on any atom is -0.195 e. The molecular weight excluding hydrogens is 187 g/mol. The standard InChI is InChI=1S/C6H11FO2S2/c7-11(8,9)5-3-6-2-1-4-10-6/h6H,1-5H2. The second kappa shape index (κ2) is 3.76. The van der Waals surface area contributed by atoms with Crippen molar-refractivity contribution in [2.45, 2.75) is 24.5 Å². The molecular formula is C6H11FO2S2. The van der Waals surface area contributed by atoms with Crippen LogP contribution in [0.2, 0.25) is 0 Å². The van der Waals surface area contributed by atoms with Crippen LogP contribution >= 0.6 is 11.8 Å². The van der Waals surface area contributed by atoms with E-state index in [-0.39, 0.29) is 5.75 Å². The highest BCUT2D eigenvalue weighted by atomic mass is 32.3. The van der Waals surface area contributed by atoms with E-state index in [0.29, 0.717) is 11.7 Å². The van der Waals surface area contributed by atoms with Crippen LogP contribution in [0, 0.1) is 0 Å². The third kappa shape index (κ3) is 3.96. The first kappa shape index (κ1) is 9.32. The lowest BCUT2D eigenvalue weighted by atomic mass is 10.2. The fourth-order valence-electron chi connectivity index (χ4n) is 1.14. The van der Waals surface area contributed by atoms with Gasteiger partial charge in [-0.2, -0.15) is 20.2 Å². The second-order valence-electron chi connectivity index (χ2n) is 2.67. The molecule has 1 heterocycles. The van der Waals surface area contributed by atoms with Crippen molar-refractivity contribution in [1.29, 1.82) is 0 Å². The van der Waals surface area contributed by atoms with Gasteiger partial charge in [-0.05, 0) is 25.0 Å². The van der Waals surface area contributed by atoms with Crippen molar-refractivity contribution in [2.75, 3.05) is 11.5 Å². The van der Waals surface area contributed by atoms with Gasteiger partial charge in [-0.1, -0.05) is 0 Å². The van der Waals surface area contributed by atoms with Gasteiger partial charge in [0.2, 0.25) is 0 Å². The molecule has 0 saturated carbocycles. The first-order chi connectivity index (χ1) is 5.08. The van der Waals surface area contributed by atoms with E-state index in [4.69, 9.17) is 0 Å². The van der Waals surface area contributed by atoms with Crippen LogP contribution in [0.15, 0.2) is 0 Å². The van der Waals surface area contributed by atoms with Crippen LogP contribution in [0.1, 0.15) is 19.3 Å². The molecule has 0 N–H and O–H groups in total. The quantitative estimate of drug-likeness (QED) is 0.645. The Hall–Kier alpha value is 0.230. The van der Waals surface area contributed by atoms with Crippen LogP contribution in [0.5, 0.6) is 0 Å². The molecule has 0 aromatic heterocycles. The van der Waals surface area contributed by atoms with Crippen LogP contribution in [0.25, 0.3) is 0 Å². The van der Waals surface area contributed by atoms with Crippen molar-refractivity contribution >= 4 is 22.0 Å². The van der Waals surface area contributed by atoms with E-state index in [2.05, 4.69) is 0 Å². The number of hydrogen-bond acceptors (Lipinski definition) is 3. The van der Waals surface area contributed by atoms with Gasteiger partial charge in [0.1, 0.15) is 0 Å². The predicted octanol–water partition coefficient (Wildman–Crippen LogP) is 1.57. The van der Waals surface area contributed by atoms with Crippen LogP contribution in [-0.4, -0.2) is 25.2 Å². The lowest BCUT2D eigenvalue weighted by molar-refractivity contribution is 0.548. The molecule has 0 bridgehead atoms.